The highest BCUT2D eigenvalue weighted by Gasteiger charge is 2.21. The van der Waals surface area contributed by atoms with Gasteiger partial charge in [0.15, 0.2) is 16.8 Å². The van der Waals surface area contributed by atoms with Crippen molar-refractivity contribution in [3.63, 3.8) is 0 Å². The summed E-state index contributed by atoms with van der Waals surface area (Å²) in [5.41, 5.74) is 1.61. The molecule has 31 heavy (non-hydrogen) atoms. The molecule has 1 aromatic carbocycles. The van der Waals surface area contributed by atoms with Crippen LogP contribution in [-0.4, -0.2) is 46.3 Å². The van der Waals surface area contributed by atoms with Gasteiger partial charge in [-0.05, 0) is 51.2 Å². The van der Waals surface area contributed by atoms with Crippen LogP contribution in [0.2, 0.25) is 0 Å². The lowest BCUT2D eigenvalue weighted by Crippen LogP contribution is -2.43. The smallest absolute Gasteiger partial charge is 0.243 e. The number of aryl methyl sites for hydroxylation is 1. The number of thiazole rings is 1. The monoisotopic (exact) mass is 445 g/mol. The van der Waals surface area contributed by atoms with Gasteiger partial charge in [-0.3, -0.25) is 14.5 Å². The molecule has 0 fully saturated rings. The summed E-state index contributed by atoms with van der Waals surface area (Å²) in [6, 6.07) is 8.17. The lowest BCUT2D eigenvalue weighted by Gasteiger charge is -2.22. The van der Waals surface area contributed by atoms with Gasteiger partial charge in [-0.1, -0.05) is 6.07 Å². The van der Waals surface area contributed by atoms with Crippen LogP contribution >= 0.6 is 11.3 Å². The van der Waals surface area contributed by atoms with Crippen LogP contribution in [0.25, 0.3) is 11.3 Å². The predicted molar refractivity (Wildman–Crippen MR) is 116 cm³/mol. The number of amides is 2. The van der Waals surface area contributed by atoms with Crippen molar-refractivity contribution in [1.29, 1.82) is 0 Å². The standard InChI is InChI=1S/C21H21F2N5O2S/c1-12-5-4-6-18(24-12)26-19(29)10-28(3)13(2)20(30)27-21-25-17(11-31-21)14-7-8-15(22)16(23)9-14/h4-9,11,13H,10H2,1-3H3,(H,24,26,29)(H,25,27,30). The average molecular weight is 445 g/mol. The summed E-state index contributed by atoms with van der Waals surface area (Å²) in [6.07, 6.45) is 0. The summed E-state index contributed by atoms with van der Waals surface area (Å²) in [6.45, 7) is 3.48. The summed E-state index contributed by atoms with van der Waals surface area (Å²) < 4.78 is 26.5. The van der Waals surface area contributed by atoms with E-state index in [2.05, 4.69) is 20.6 Å². The zero-order valence-electron chi connectivity index (χ0n) is 17.1. The number of benzene rings is 1. The van der Waals surface area contributed by atoms with Crippen LogP contribution in [0, 0.1) is 18.6 Å². The highest BCUT2D eigenvalue weighted by atomic mass is 32.1. The van der Waals surface area contributed by atoms with Gasteiger partial charge in [0.2, 0.25) is 11.8 Å². The third-order valence-electron chi connectivity index (χ3n) is 4.54. The van der Waals surface area contributed by atoms with E-state index in [0.717, 1.165) is 29.2 Å². The average Bonchev–Trinajstić information content (AvgIpc) is 3.17. The van der Waals surface area contributed by atoms with Crippen molar-refractivity contribution in [2.45, 2.75) is 19.9 Å². The quantitative estimate of drug-likeness (QED) is 0.579. The molecule has 0 aliphatic carbocycles. The molecule has 0 spiro atoms. The van der Waals surface area contributed by atoms with Crippen molar-refractivity contribution in [2.24, 2.45) is 0 Å². The molecule has 0 aliphatic heterocycles. The molecule has 0 saturated carbocycles. The molecule has 3 rings (SSSR count). The SMILES string of the molecule is Cc1cccc(NC(=O)CN(C)C(C)C(=O)Nc2nc(-c3ccc(F)c(F)c3)cs2)n1. The number of anilines is 2. The van der Waals surface area contributed by atoms with Crippen molar-refractivity contribution >= 4 is 34.1 Å². The van der Waals surface area contributed by atoms with Gasteiger partial charge in [-0.15, -0.1) is 11.3 Å². The molecule has 0 aliphatic rings. The number of hydrogen-bond donors (Lipinski definition) is 2. The van der Waals surface area contributed by atoms with Gasteiger partial charge < -0.3 is 10.6 Å². The fourth-order valence-corrected chi connectivity index (χ4v) is 3.41. The fraction of sp³-hybridized carbons (Fsp3) is 0.238. The van der Waals surface area contributed by atoms with Gasteiger partial charge in [0.1, 0.15) is 5.82 Å². The molecule has 2 aromatic heterocycles. The number of nitrogens with zero attached hydrogens (tertiary/aromatic N) is 3. The maximum absolute atomic E-state index is 13.4. The minimum atomic E-state index is -0.967. The lowest BCUT2D eigenvalue weighted by molar-refractivity contribution is -0.122. The molecule has 3 aromatic rings. The minimum absolute atomic E-state index is 0.0117. The number of carbonyl (C=O) groups is 2. The number of likely N-dealkylation sites (N-methyl/N-ethyl adjacent to an activating group) is 1. The van der Waals surface area contributed by atoms with Gasteiger partial charge in [-0.25, -0.2) is 18.7 Å². The molecule has 7 nitrogen and oxygen atoms in total. The molecule has 2 heterocycles. The largest absolute Gasteiger partial charge is 0.310 e. The molecule has 2 N–H and O–H groups in total. The molecule has 162 valence electrons. The molecule has 0 radical (unpaired) electrons. The first kappa shape index (κ1) is 22.4. The van der Waals surface area contributed by atoms with Crippen molar-refractivity contribution < 1.29 is 18.4 Å². The second-order valence-corrected chi connectivity index (χ2v) is 7.82. The zero-order chi connectivity index (χ0) is 22.5. The van der Waals surface area contributed by atoms with E-state index in [4.69, 9.17) is 0 Å². The van der Waals surface area contributed by atoms with Crippen molar-refractivity contribution in [2.75, 3.05) is 24.2 Å². The first-order valence-corrected chi connectivity index (χ1v) is 10.3. The van der Waals surface area contributed by atoms with Gasteiger partial charge in [0.05, 0.1) is 18.3 Å². The molecular formula is C21H21F2N5O2S. The predicted octanol–water partition coefficient (Wildman–Crippen LogP) is 3.69. The highest BCUT2D eigenvalue weighted by Crippen LogP contribution is 2.26. The van der Waals surface area contributed by atoms with Crippen molar-refractivity contribution in [3.8, 4) is 11.3 Å². The van der Waals surface area contributed by atoms with E-state index < -0.39 is 17.7 Å². The van der Waals surface area contributed by atoms with E-state index in [9.17, 15) is 18.4 Å². The molecule has 1 atom stereocenters. The number of nitrogens with one attached hydrogen (secondary N) is 2. The molecule has 2 amide bonds. The number of aromatic nitrogens is 2. The van der Waals surface area contributed by atoms with Gasteiger partial charge in [0.25, 0.3) is 0 Å². The van der Waals surface area contributed by atoms with Crippen LogP contribution in [0.3, 0.4) is 0 Å². The lowest BCUT2D eigenvalue weighted by atomic mass is 10.2. The Morgan fingerprint density at radius 3 is 2.61 bits per heavy atom. The summed E-state index contributed by atoms with van der Waals surface area (Å²) in [5.74, 6) is -2.11. The van der Waals surface area contributed by atoms with Crippen LogP contribution in [0.4, 0.5) is 19.7 Å². The van der Waals surface area contributed by atoms with E-state index >= 15 is 0 Å². The molecule has 1 unspecified atom stereocenters. The number of halogens is 2. The molecule has 0 bridgehead atoms. The number of rotatable bonds is 7. The van der Waals surface area contributed by atoms with Crippen LogP contribution < -0.4 is 10.6 Å². The van der Waals surface area contributed by atoms with Crippen LogP contribution in [0.1, 0.15) is 12.6 Å². The van der Waals surface area contributed by atoms with Crippen molar-refractivity contribution in [1.82, 2.24) is 14.9 Å². The number of carbonyl (C=O) groups excluding carboxylic acids is 2. The molecular weight excluding hydrogens is 424 g/mol. The summed E-state index contributed by atoms with van der Waals surface area (Å²) >= 11 is 1.16. The Bertz CT molecular complexity index is 1100. The Kier molecular flexibility index (Phi) is 7.03. The topological polar surface area (TPSA) is 87.2 Å². The van der Waals surface area contributed by atoms with Gasteiger partial charge in [0, 0.05) is 16.6 Å². The Labute approximate surface area is 182 Å². The number of pyridine rings is 1. The first-order valence-electron chi connectivity index (χ1n) is 9.38. The Morgan fingerprint density at radius 1 is 1.13 bits per heavy atom. The Morgan fingerprint density at radius 2 is 1.90 bits per heavy atom. The van der Waals surface area contributed by atoms with Gasteiger partial charge >= 0.3 is 0 Å². The van der Waals surface area contributed by atoms with E-state index in [1.54, 1.807) is 36.4 Å². The Balaban J connectivity index is 1.56. The number of hydrogen-bond acceptors (Lipinski definition) is 6. The first-order chi connectivity index (χ1) is 14.7. The maximum atomic E-state index is 13.4. The summed E-state index contributed by atoms with van der Waals surface area (Å²) in [4.78, 5) is 34.8. The zero-order valence-corrected chi connectivity index (χ0v) is 18.0. The third kappa shape index (κ3) is 5.89. The van der Waals surface area contributed by atoms with Crippen molar-refractivity contribution in [3.05, 3.63) is 59.1 Å². The van der Waals surface area contributed by atoms with E-state index in [0.29, 0.717) is 22.2 Å². The highest BCUT2D eigenvalue weighted by molar-refractivity contribution is 7.14. The third-order valence-corrected chi connectivity index (χ3v) is 5.30. The van der Waals surface area contributed by atoms with Crippen LogP contribution in [0.5, 0.6) is 0 Å². The van der Waals surface area contributed by atoms with Crippen LogP contribution in [-0.2, 0) is 9.59 Å². The van der Waals surface area contributed by atoms with E-state index in [-0.39, 0.29) is 18.4 Å². The molecule has 0 saturated heterocycles. The van der Waals surface area contributed by atoms with Gasteiger partial charge in [-0.2, -0.15) is 0 Å². The summed E-state index contributed by atoms with van der Waals surface area (Å²) in [5, 5.41) is 7.34. The maximum Gasteiger partial charge on any atom is 0.243 e. The minimum Gasteiger partial charge on any atom is -0.310 e. The summed E-state index contributed by atoms with van der Waals surface area (Å²) in [7, 11) is 1.65. The van der Waals surface area contributed by atoms with E-state index in [1.165, 1.54) is 6.07 Å². The normalized spacial score (nSPS) is 11.9. The second kappa shape index (κ2) is 9.71. The van der Waals surface area contributed by atoms with E-state index in [1.807, 2.05) is 13.0 Å². The van der Waals surface area contributed by atoms with Crippen LogP contribution in [0.15, 0.2) is 41.8 Å². The Hall–Kier alpha value is -3.24. The second-order valence-electron chi connectivity index (χ2n) is 6.96. The molecule has 10 heteroatoms. The fourth-order valence-electron chi connectivity index (χ4n) is 2.69.